The number of alkyl halides is 3. The number of furan rings is 1. The molecule has 3 aromatic rings. The zero-order valence-electron chi connectivity index (χ0n) is 14.0. The fourth-order valence-corrected chi connectivity index (χ4v) is 3.69. The molecule has 0 atom stereocenters. The number of nitrogens with zero attached hydrogens (tertiary/aromatic N) is 2. The first-order chi connectivity index (χ1) is 12.9. The molecule has 27 heavy (non-hydrogen) atoms. The third-order valence-electron chi connectivity index (χ3n) is 4.65. The minimum Gasteiger partial charge on any atom is -0.453 e. The van der Waals surface area contributed by atoms with Crippen molar-refractivity contribution in [3.8, 4) is 17.0 Å². The Hall–Kier alpha value is -2.54. The van der Waals surface area contributed by atoms with E-state index in [-0.39, 0.29) is 16.3 Å². The molecular formula is C19H14ClF3N2O2. The summed E-state index contributed by atoms with van der Waals surface area (Å²) in [5.74, 6) is 0.630. The van der Waals surface area contributed by atoms with Crippen molar-refractivity contribution < 1.29 is 22.4 Å². The lowest BCUT2D eigenvalue weighted by atomic mass is 9.95. The zero-order valence-corrected chi connectivity index (χ0v) is 14.8. The second-order valence-corrected chi connectivity index (χ2v) is 6.78. The Morgan fingerprint density at radius 1 is 1.15 bits per heavy atom. The van der Waals surface area contributed by atoms with E-state index in [9.17, 15) is 18.0 Å². The van der Waals surface area contributed by atoms with Crippen LogP contribution in [0.5, 0.6) is 0 Å². The van der Waals surface area contributed by atoms with Gasteiger partial charge in [-0.15, -0.1) is 0 Å². The van der Waals surface area contributed by atoms with Crippen molar-refractivity contribution in [3.05, 3.63) is 58.1 Å². The molecule has 2 heterocycles. The predicted molar refractivity (Wildman–Crippen MR) is 93.3 cm³/mol. The molecule has 0 unspecified atom stereocenters. The fourth-order valence-electron chi connectivity index (χ4n) is 3.43. The van der Waals surface area contributed by atoms with Crippen LogP contribution in [0.25, 0.3) is 17.0 Å². The Labute approximate surface area is 157 Å². The first-order valence-electron chi connectivity index (χ1n) is 8.42. The minimum atomic E-state index is -4.50. The summed E-state index contributed by atoms with van der Waals surface area (Å²) in [7, 11) is 0. The van der Waals surface area contributed by atoms with Crippen LogP contribution < -0.4 is 0 Å². The number of aldehydes is 1. The molecule has 0 amide bonds. The first-order valence-corrected chi connectivity index (χ1v) is 8.79. The lowest BCUT2D eigenvalue weighted by molar-refractivity contribution is -0.142. The van der Waals surface area contributed by atoms with Gasteiger partial charge < -0.3 is 4.42 Å². The van der Waals surface area contributed by atoms with Crippen molar-refractivity contribution in [2.24, 2.45) is 0 Å². The number of halogens is 4. The molecule has 0 N–H and O–H groups in total. The highest BCUT2D eigenvalue weighted by atomic mass is 35.5. The molecule has 0 saturated carbocycles. The normalized spacial score (nSPS) is 14.2. The molecule has 0 bridgehead atoms. The highest BCUT2D eigenvalue weighted by Crippen LogP contribution is 2.38. The molecule has 0 saturated heterocycles. The molecule has 1 aromatic carbocycles. The van der Waals surface area contributed by atoms with Gasteiger partial charge in [-0.05, 0) is 56.0 Å². The summed E-state index contributed by atoms with van der Waals surface area (Å²) in [4.78, 5) is 10.8. The van der Waals surface area contributed by atoms with E-state index < -0.39 is 11.9 Å². The third-order valence-corrected chi connectivity index (χ3v) is 4.95. The molecule has 0 fully saturated rings. The largest absolute Gasteiger partial charge is 0.453 e. The average Bonchev–Trinajstić information content (AvgIpc) is 3.26. The van der Waals surface area contributed by atoms with Gasteiger partial charge in [-0.3, -0.25) is 4.79 Å². The van der Waals surface area contributed by atoms with Crippen LogP contribution in [0.4, 0.5) is 13.2 Å². The van der Waals surface area contributed by atoms with Crippen molar-refractivity contribution in [3.63, 3.8) is 0 Å². The van der Waals surface area contributed by atoms with Gasteiger partial charge in [0.25, 0.3) is 0 Å². The number of carbonyl (C=O) groups excluding carboxylic acids is 1. The summed E-state index contributed by atoms with van der Waals surface area (Å²) < 4.78 is 46.8. The van der Waals surface area contributed by atoms with Crippen LogP contribution in [0.3, 0.4) is 0 Å². The summed E-state index contributed by atoms with van der Waals surface area (Å²) in [5.41, 5.74) is 0.990. The maximum absolute atomic E-state index is 13.4. The van der Waals surface area contributed by atoms with E-state index in [2.05, 4.69) is 5.10 Å². The summed E-state index contributed by atoms with van der Waals surface area (Å²) in [5, 5.41) is 4.10. The fraction of sp³-hybridized carbons (Fsp3) is 0.263. The van der Waals surface area contributed by atoms with Gasteiger partial charge in [0.2, 0.25) is 0 Å². The van der Waals surface area contributed by atoms with E-state index >= 15 is 0 Å². The number of carbonyl (C=O) groups is 1. The van der Waals surface area contributed by atoms with Gasteiger partial charge in [0, 0.05) is 16.8 Å². The van der Waals surface area contributed by atoms with E-state index in [1.807, 2.05) is 0 Å². The van der Waals surface area contributed by atoms with Crippen LogP contribution in [0.15, 0.2) is 34.7 Å². The third kappa shape index (κ3) is 3.16. The second kappa shape index (κ2) is 6.56. The summed E-state index contributed by atoms with van der Waals surface area (Å²) in [6.07, 6.45) is -1.50. The van der Waals surface area contributed by atoms with Gasteiger partial charge in [0.05, 0.1) is 10.7 Å². The van der Waals surface area contributed by atoms with Crippen LogP contribution in [-0.4, -0.2) is 16.1 Å². The quantitative estimate of drug-likeness (QED) is 0.551. The Morgan fingerprint density at radius 2 is 1.93 bits per heavy atom. The van der Waals surface area contributed by atoms with Crippen LogP contribution in [0, 0.1) is 0 Å². The van der Waals surface area contributed by atoms with Crippen molar-refractivity contribution in [2.75, 3.05) is 0 Å². The highest BCUT2D eigenvalue weighted by Gasteiger charge is 2.39. The molecule has 2 aromatic heterocycles. The monoisotopic (exact) mass is 394 g/mol. The van der Waals surface area contributed by atoms with Gasteiger partial charge in [-0.2, -0.15) is 18.3 Å². The van der Waals surface area contributed by atoms with Crippen molar-refractivity contribution in [1.29, 1.82) is 0 Å². The van der Waals surface area contributed by atoms with E-state index in [0.29, 0.717) is 48.3 Å². The number of benzene rings is 1. The number of fused-ring (bicyclic) bond motifs is 1. The molecule has 4 nitrogen and oxygen atoms in total. The molecular weight excluding hydrogens is 381 g/mol. The molecule has 1 aliphatic carbocycles. The maximum atomic E-state index is 13.4. The number of rotatable bonds is 3. The van der Waals surface area contributed by atoms with E-state index in [1.165, 1.54) is 10.7 Å². The van der Waals surface area contributed by atoms with E-state index in [4.69, 9.17) is 16.0 Å². The van der Waals surface area contributed by atoms with Crippen LogP contribution in [-0.2, 0) is 19.0 Å². The predicted octanol–water partition coefficient (Wildman–Crippen LogP) is 5.50. The van der Waals surface area contributed by atoms with Gasteiger partial charge >= 0.3 is 6.18 Å². The molecule has 1 aliphatic rings. The van der Waals surface area contributed by atoms with Crippen molar-refractivity contribution in [1.82, 2.24) is 9.78 Å². The number of aromatic nitrogens is 2. The number of hydrogen-bond donors (Lipinski definition) is 0. The van der Waals surface area contributed by atoms with Crippen LogP contribution >= 0.6 is 11.6 Å². The van der Waals surface area contributed by atoms with Gasteiger partial charge in [0.1, 0.15) is 5.76 Å². The van der Waals surface area contributed by atoms with E-state index in [0.717, 1.165) is 6.42 Å². The molecule has 0 radical (unpaired) electrons. The average molecular weight is 395 g/mol. The van der Waals surface area contributed by atoms with Crippen LogP contribution in [0.1, 0.15) is 40.3 Å². The topological polar surface area (TPSA) is 48.0 Å². The SMILES string of the molecule is O=Cc1ccc(-c2ccc(-n3nc(C(F)(F)F)c4c3CCCC4)c(Cl)c2)o1. The second-order valence-electron chi connectivity index (χ2n) is 6.38. The summed E-state index contributed by atoms with van der Waals surface area (Å²) in [6.45, 7) is 0. The minimum absolute atomic E-state index is 0.182. The van der Waals surface area contributed by atoms with Gasteiger partial charge in [-0.1, -0.05) is 11.6 Å². The lowest BCUT2D eigenvalue weighted by Gasteiger charge is -2.15. The smallest absolute Gasteiger partial charge is 0.435 e. The highest BCUT2D eigenvalue weighted by molar-refractivity contribution is 6.32. The maximum Gasteiger partial charge on any atom is 0.435 e. The zero-order chi connectivity index (χ0) is 19.2. The van der Waals surface area contributed by atoms with Gasteiger partial charge in [-0.25, -0.2) is 4.68 Å². The molecule has 140 valence electrons. The van der Waals surface area contributed by atoms with Gasteiger partial charge in [0.15, 0.2) is 17.7 Å². The molecule has 0 aliphatic heterocycles. The van der Waals surface area contributed by atoms with E-state index in [1.54, 1.807) is 24.3 Å². The summed E-state index contributed by atoms with van der Waals surface area (Å²) >= 11 is 6.37. The molecule has 0 spiro atoms. The van der Waals surface area contributed by atoms with Crippen LogP contribution in [0.2, 0.25) is 5.02 Å². The Morgan fingerprint density at radius 3 is 2.59 bits per heavy atom. The Kier molecular flexibility index (Phi) is 4.34. The molecule has 4 rings (SSSR count). The van der Waals surface area contributed by atoms with Crippen molar-refractivity contribution in [2.45, 2.75) is 31.9 Å². The molecule has 8 heteroatoms. The standard InChI is InChI=1S/C19H14ClF3N2O2/c20-14-9-11(17-8-6-12(10-26)27-17)5-7-16(14)25-15-4-2-1-3-13(15)18(24-25)19(21,22)23/h5-10H,1-4H2. The summed E-state index contributed by atoms with van der Waals surface area (Å²) in [6, 6.07) is 8.05. The van der Waals surface area contributed by atoms with Crippen molar-refractivity contribution >= 4 is 17.9 Å². The Bertz CT molecular complexity index is 1020. The lowest BCUT2D eigenvalue weighted by Crippen LogP contribution is -2.11. The first kappa shape index (κ1) is 17.9. The number of hydrogen-bond acceptors (Lipinski definition) is 3. The Balaban J connectivity index is 1.80.